The molecule has 21 heavy (non-hydrogen) atoms. The number of aromatic nitrogens is 2. The molecule has 2 aromatic rings. The Morgan fingerprint density at radius 1 is 1.33 bits per heavy atom. The highest BCUT2D eigenvalue weighted by atomic mass is 16.2. The number of carbonyl (C=O) groups is 1. The quantitative estimate of drug-likeness (QED) is 0.911. The molecule has 1 N–H and O–H groups in total. The van der Waals surface area contributed by atoms with E-state index in [0.717, 1.165) is 31.0 Å². The van der Waals surface area contributed by atoms with E-state index in [-0.39, 0.29) is 11.9 Å². The van der Waals surface area contributed by atoms with E-state index in [1.165, 1.54) is 0 Å². The minimum atomic E-state index is 0.0155. The fourth-order valence-corrected chi connectivity index (χ4v) is 2.70. The van der Waals surface area contributed by atoms with Gasteiger partial charge in [-0.15, -0.1) is 0 Å². The van der Waals surface area contributed by atoms with E-state index >= 15 is 0 Å². The number of nitrogens with zero attached hydrogens (tertiary/aromatic N) is 3. The second-order valence-corrected chi connectivity index (χ2v) is 5.47. The molecule has 0 bridgehead atoms. The topological polar surface area (TPSA) is 50.2 Å². The van der Waals surface area contributed by atoms with Crippen LogP contribution in [0.15, 0.2) is 36.4 Å². The largest absolute Gasteiger partial charge is 0.332 e. The third-order valence-electron chi connectivity index (χ3n) is 3.87. The molecule has 3 rings (SSSR count). The van der Waals surface area contributed by atoms with E-state index in [9.17, 15) is 4.79 Å². The molecule has 1 fully saturated rings. The van der Waals surface area contributed by atoms with E-state index < -0.39 is 0 Å². The molecule has 1 saturated heterocycles. The Hall–Kier alpha value is -2.14. The minimum absolute atomic E-state index is 0.0155. The van der Waals surface area contributed by atoms with E-state index in [1.54, 1.807) is 0 Å². The van der Waals surface area contributed by atoms with Crippen LogP contribution in [0.4, 0.5) is 0 Å². The van der Waals surface area contributed by atoms with E-state index in [2.05, 4.69) is 17.3 Å². The average molecular weight is 284 g/mol. The molecule has 1 amide bonds. The molecule has 0 unspecified atom stereocenters. The van der Waals surface area contributed by atoms with E-state index in [1.807, 2.05) is 52.9 Å². The van der Waals surface area contributed by atoms with Crippen molar-refractivity contribution < 1.29 is 4.79 Å². The molecule has 5 nitrogen and oxygen atoms in total. The van der Waals surface area contributed by atoms with Crippen molar-refractivity contribution in [1.82, 2.24) is 20.0 Å². The van der Waals surface area contributed by atoms with Crippen LogP contribution in [-0.4, -0.2) is 46.3 Å². The Morgan fingerprint density at radius 2 is 2.10 bits per heavy atom. The number of para-hydroxylation sites is 1. The molecule has 1 aliphatic heterocycles. The van der Waals surface area contributed by atoms with Gasteiger partial charge in [0.25, 0.3) is 5.91 Å². The van der Waals surface area contributed by atoms with Crippen molar-refractivity contribution in [1.29, 1.82) is 0 Å². The fourth-order valence-electron chi connectivity index (χ4n) is 2.70. The summed E-state index contributed by atoms with van der Waals surface area (Å²) in [7, 11) is 0. The second kappa shape index (κ2) is 5.69. The van der Waals surface area contributed by atoms with Crippen LogP contribution in [0.3, 0.4) is 0 Å². The van der Waals surface area contributed by atoms with Gasteiger partial charge in [-0.05, 0) is 32.0 Å². The van der Waals surface area contributed by atoms with Crippen molar-refractivity contribution in [2.75, 3.05) is 19.6 Å². The number of aryl methyl sites for hydroxylation is 1. The van der Waals surface area contributed by atoms with Crippen molar-refractivity contribution in [3.05, 3.63) is 47.8 Å². The van der Waals surface area contributed by atoms with Crippen molar-refractivity contribution in [3.8, 4) is 5.69 Å². The van der Waals surface area contributed by atoms with Crippen LogP contribution in [0.25, 0.3) is 5.69 Å². The lowest BCUT2D eigenvalue weighted by Crippen LogP contribution is -2.52. The molecule has 1 aliphatic rings. The van der Waals surface area contributed by atoms with Gasteiger partial charge in [0.05, 0.1) is 5.69 Å². The lowest BCUT2D eigenvalue weighted by molar-refractivity contribution is 0.0649. The van der Waals surface area contributed by atoms with Gasteiger partial charge in [0.15, 0.2) is 5.69 Å². The summed E-state index contributed by atoms with van der Waals surface area (Å²) in [5.74, 6) is 0.0155. The molecule has 110 valence electrons. The molecule has 0 radical (unpaired) electrons. The monoisotopic (exact) mass is 284 g/mol. The normalized spacial score (nSPS) is 18.8. The zero-order chi connectivity index (χ0) is 14.8. The summed E-state index contributed by atoms with van der Waals surface area (Å²) in [6, 6.07) is 11.9. The first-order valence-corrected chi connectivity index (χ1v) is 7.30. The number of rotatable bonds is 2. The van der Waals surface area contributed by atoms with Crippen LogP contribution in [0.5, 0.6) is 0 Å². The second-order valence-electron chi connectivity index (χ2n) is 5.47. The first-order chi connectivity index (χ1) is 10.2. The molecule has 1 aromatic carbocycles. The molecular formula is C16H20N4O. The van der Waals surface area contributed by atoms with Gasteiger partial charge < -0.3 is 10.2 Å². The number of carbonyl (C=O) groups excluding carboxylic acids is 1. The average Bonchev–Trinajstić information content (AvgIpc) is 2.90. The number of amides is 1. The zero-order valence-corrected chi connectivity index (χ0v) is 12.4. The standard InChI is InChI=1S/C16H20N4O/c1-12-10-15(16(21)19-9-8-17-11-13(19)2)18-20(12)14-6-4-3-5-7-14/h3-7,10,13,17H,8-9,11H2,1-2H3/t13-/m0/s1. The van der Waals surface area contributed by atoms with Crippen LogP contribution in [0, 0.1) is 6.92 Å². The van der Waals surface area contributed by atoms with Gasteiger partial charge in [0.1, 0.15) is 0 Å². The Labute approximate surface area is 124 Å². The summed E-state index contributed by atoms with van der Waals surface area (Å²) in [6.45, 7) is 6.44. The van der Waals surface area contributed by atoms with Crippen LogP contribution in [-0.2, 0) is 0 Å². The maximum atomic E-state index is 12.6. The molecular weight excluding hydrogens is 264 g/mol. The van der Waals surface area contributed by atoms with Gasteiger partial charge in [-0.2, -0.15) is 5.10 Å². The number of nitrogens with one attached hydrogen (secondary N) is 1. The molecule has 0 spiro atoms. The lowest BCUT2D eigenvalue weighted by atomic mass is 10.2. The van der Waals surface area contributed by atoms with Gasteiger partial charge in [-0.1, -0.05) is 18.2 Å². The highest BCUT2D eigenvalue weighted by molar-refractivity contribution is 5.92. The van der Waals surface area contributed by atoms with Gasteiger partial charge in [0.2, 0.25) is 0 Å². The molecule has 5 heteroatoms. The van der Waals surface area contributed by atoms with E-state index in [4.69, 9.17) is 0 Å². The van der Waals surface area contributed by atoms with Gasteiger partial charge in [-0.25, -0.2) is 4.68 Å². The maximum absolute atomic E-state index is 12.6. The number of hydrogen-bond donors (Lipinski definition) is 1. The third-order valence-corrected chi connectivity index (χ3v) is 3.87. The summed E-state index contributed by atoms with van der Waals surface area (Å²) in [5.41, 5.74) is 2.46. The van der Waals surface area contributed by atoms with Gasteiger partial charge >= 0.3 is 0 Å². The molecule has 0 saturated carbocycles. The van der Waals surface area contributed by atoms with Crippen LogP contribution < -0.4 is 5.32 Å². The van der Waals surface area contributed by atoms with Crippen molar-refractivity contribution in [2.24, 2.45) is 0 Å². The summed E-state index contributed by atoms with van der Waals surface area (Å²) in [5, 5.41) is 7.79. The summed E-state index contributed by atoms with van der Waals surface area (Å²) < 4.78 is 1.82. The van der Waals surface area contributed by atoms with Gasteiger partial charge in [-0.3, -0.25) is 4.79 Å². The summed E-state index contributed by atoms with van der Waals surface area (Å²) in [6.07, 6.45) is 0. The Balaban J connectivity index is 1.88. The fraction of sp³-hybridized carbons (Fsp3) is 0.375. The SMILES string of the molecule is Cc1cc(C(=O)N2CCNC[C@@H]2C)nn1-c1ccccc1. The third kappa shape index (κ3) is 2.69. The first kappa shape index (κ1) is 13.8. The van der Waals surface area contributed by atoms with E-state index in [0.29, 0.717) is 5.69 Å². The molecule has 1 aromatic heterocycles. The van der Waals surface area contributed by atoms with Crippen LogP contribution in [0.2, 0.25) is 0 Å². The predicted molar refractivity (Wildman–Crippen MR) is 81.7 cm³/mol. The minimum Gasteiger partial charge on any atom is -0.332 e. The summed E-state index contributed by atoms with van der Waals surface area (Å²) >= 11 is 0. The zero-order valence-electron chi connectivity index (χ0n) is 12.4. The maximum Gasteiger partial charge on any atom is 0.274 e. The Morgan fingerprint density at radius 3 is 2.81 bits per heavy atom. The lowest BCUT2D eigenvalue weighted by Gasteiger charge is -2.33. The molecule has 1 atom stereocenters. The van der Waals surface area contributed by atoms with Crippen LogP contribution in [0.1, 0.15) is 23.1 Å². The highest BCUT2D eigenvalue weighted by Gasteiger charge is 2.26. The number of hydrogen-bond acceptors (Lipinski definition) is 3. The summed E-state index contributed by atoms with van der Waals surface area (Å²) in [4.78, 5) is 14.5. The molecule has 2 heterocycles. The highest BCUT2D eigenvalue weighted by Crippen LogP contribution is 2.15. The van der Waals surface area contributed by atoms with Crippen molar-refractivity contribution in [2.45, 2.75) is 19.9 Å². The van der Waals surface area contributed by atoms with Crippen molar-refractivity contribution in [3.63, 3.8) is 0 Å². The van der Waals surface area contributed by atoms with Crippen LogP contribution >= 0.6 is 0 Å². The number of piperazine rings is 1. The van der Waals surface area contributed by atoms with Gasteiger partial charge in [0, 0.05) is 31.4 Å². The van der Waals surface area contributed by atoms with Crippen molar-refractivity contribution >= 4 is 5.91 Å². The molecule has 0 aliphatic carbocycles. The predicted octanol–water partition coefficient (Wildman–Crippen LogP) is 1.61. The number of benzene rings is 1. The smallest absolute Gasteiger partial charge is 0.274 e. The Bertz CT molecular complexity index is 635. The first-order valence-electron chi connectivity index (χ1n) is 7.30. The Kier molecular flexibility index (Phi) is 3.75.